The summed E-state index contributed by atoms with van der Waals surface area (Å²) in [6.07, 6.45) is 0. The molecule has 102 valence electrons. The van der Waals surface area contributed by atoms with Crippen LogP contribution in [-0.4, -0.2) is 15.8 Å². The van der Waals surface area contributed by atoms with Gasteiger partial charge < -0.3 is 5.11 Å². The summed E-state index contributed by atoms with van der Waals surface area (Å²) in [7, 11) is 0. The minimum Gasteiger partial charge on any atom is -0.502 e. The molecule has 0 saturated carbocycles. The molecule has 1 N–H and O–H groups in total. The molecule has 0 aliphatic heterocycles. The van der Waals surface area contributed by atoms with Crippen molar-refractivity contribution in [1.29, 1.82) is 0 Å². The summed E-state index contributed by atoms with van der Waals surface area (Å²) in [6.45, 7) is 0. The van der Waals surface area contributed by atoms with Crippen LogP contribution in [-0.2, 0) is 0 Å². The average Bonchev–Trinajstić information content (AvgIpc) is 2.41. The van der Waals surface area contributed by atoms with Gasteiger partial charge in [0.25, 0.3) is 0 Å². The van der Waals surface area contributed by atoms with Gasteiger partial charge >= 0.3 is 5.69 Å². The Balaban J connectivity index is 2.55. The van der Waals surface area contributed by atoms with E-state index in [-0.39, 0.29) is 16.1 Å². The van der Waals surface area contributed by atoms with E-state index < -0.39 is 22.1 Å². The normalized spacial score (nSPS) is 10.3. The molecule has 7 heteroatoms. The zero-order valence-corrected chi connectivity index (χ0v) is 11.4. The first-order valence-electron chi connectivity index (χ1n) is 5.37. The van der Waals surface area contributed by atoms with Crippen molar-refractivity contribution in [1.82, 2.24) is 0 Å². The second-order valence-corrected chi connectivity index (χ2v) is 4.79. The van der Waals surface area contributed by atoms with Crippen LogP contribution in [0.1, 0.15) is 15.9 Å². The van der Waals surface area contributed by atoms with E-state index in [1.165, 1.54) is 30.3 Å². The minimum atomic E-state index is -0.806. The maximum Gasteiger partial charge on any atom is 0.312 e. The van der Waals surface area contributed by atoms with Gasteiger partial charge in [-0.2, -0.15) is 0 Å². The van der Waals surface area contributed by atoms with Crippen molar-refractivity contribution in [3.63, 3.8) is 0 Å². The van der Waals surface area contributed by atoms with Crippen LogP contribution in [0.25, 0.3) is 0 Å². The summed E-state index contributed by atoms with van der Waals surface area (Å²) < 4.78 is 0. The molecule has 5 nitrogen and oxygen atoms in total. The van der Waals surface area contributed by atoms with Crippen LogP contribution in [0.3, 0.4) is 0 Å². The Kier molecular flexibility index (Phi) is 3.92. The molecule has 2 rings (SSSR count). The quantitative estimate of drug-likeness (QED) is 0.530. The standard InChI is InChI=1S/C13H7Cl2NO4/c14-8-3-1-7(2-4-8)12(17)10-5-9(15)6-11(13(10)18)16(19)20/h1-6,18H. The highest BCUT2D eigenvalue weighted by molar-refractivity contribution is 6.32. The molecule has 0 aromatic heterocycles. The number of nitrogens with zero attached hydrogens (tertiary/aromatic N) is 1. The van der Waals surface area contributed by atoms with E-state index in [0.717, 1.165) is 6.07 Å². The number of phenolic OH excluding ortho intramolecular Hbond substituents is 1. The fraction of sp³-hybridized carbons (Fsp3) is 0. The molecule has 20 heavy (non-hydrogen) atoms. The van der Waals surface area contributed by atoms with Gasteiger partial charge in [0.2, 0.25) is 5.75 Å². The highest BCUT2D eigenvalue weighted by atomic mass is 35.5. The monoisotopic (exact) mass is 311 g/mol. The highest BCUT2D eigenvalue weighted by Crippen LogP contribution is 2.34. The molecule has 0 amide bonds. The van der Waals surface area contributed by atoms with Gasteiger partial charge in [-0.05, 0) is 30.3 Å². The van der Waals surface area contributed by atoms with Crippen molar-refractivity contribution in [2.75, 3.05) is 0 Å². The summed E-state index contributed by atoms with van der Waals surface area (Å²) in [5.41, 5.74) is -0.609. The summed E-state index contributed by atoms with van der Waals surface area (Å²) in [5.74, 6) is -1.29. The number of aromatic hydroxyl groups is 1. The molecular formula is C13H7Cl2NO4. The van der Waals surface area contributed by atoms with Gasteiger partial charge in [-0.1, -0.05) is 23.2 Å². The fourth-order valence-electron chi connectivity index (χ4n) is 1.65. The third-order valence-electron chi connectivity index (χ3n) is 2.60. The van der Waals surface area contributed by atoms with E-state index in [4.69, 9.17) is 23.2 Å². The van der Waals surface area contributed by atoms with E-state index >= 15 is 0 Å². The molecule has 0 atom stereocenters. The van der Waals surface area contributed by atoms with Crippen molar-refractivity contribution >= 4 is 34.7 Å². The number of ketones is 1. The molecule has 0 fully saturated rings. The lowest BCUT2D eigenvalue weighted by Gasteiger charge is -2.05. The van der Waals surface area contributed by atoms with Crippen LogP contribution in [0.4, 0.5) is 5.69 Å². The molecule has 0 saturated heterocycles. The van der Waals surface area contributed by atoms with E-state index in [2.05, 4.69) is 0 Å². The Bertz CT molecular complexity index is 698. The number of hydrogen-bond donors (Lipinski definition) is 1. The minimum absolute atomic E-state index is 0.00758. The molecule has 2 aromatic carbocycles. The second kappa shape index (κ2) is 5.48. The third kappa shape index (κ3) is 2.74. The van der Waals surface area contributed by atoms with Gasteiger partial charge in [0.1, 0.15) is 0 Å². The van der Waals surface area contributed by atoms with Gasteiger partial charge in [-0.3, -0.25) is 14.9 Å². The van der Waals surface area contributed by atoms with Crippen LogP contribution >= 0.6 is 23.2 Å². The maximum atomic E-state index is 12.2. The summed E-state index contributed by atoms with van der Waals surface area (Å²) in [6, 6.07) is 8.08. The van der Waals surface area contributed by atoms with E-state index in [1.54, 1.807) is 0 Å². The first kappa shape index (κ1) is 14.3. The Morgan fingerprint density at radius 1 is 1.10 bits per heavy atom. The molecule has 2 aromatic rings. The SMILES string of the molecule is O=C(c1ccc(Cl)cc1)c1cc(Cl)cc([N+](=O)[O-])c1O. The van der Waals surface area contributed by atoms with Gasteiger partial charge in [0.05, 0.1) is 10.5 Å². The van der Waals surface area contributed by atoms with E-state index in [9.17, 15) is 20.0 Å². The summed E-state index contributed by atoms with van der Waals surface area (Å²) in [5, 5.41) is 21.1. The number of rotatable bonds is 3. The van der Waals surface area contributed by atoms with Crippen LogP contribution in [0, 0.1) is 10.1 Å². The molecule has 0 radical (unpaired) electrons. The van der Waals surface area contributed by atoms with Crippen LogP contribution < -0.4 is 0 Å². The van der Waals surface area contributed by atoms with Crippen molar-refractivity contribution in [2.45, 2.75) is 0 Å². The Hall–Kier alpha value is -2.11. The molecule has 0 aliphatic carbocycles. The van der Waals surface area contributed by atoms with Gasteiger partial charge in [0, 0.05) is 21.7 Å². The summed E-state index contributed by atoms with van der Waals surface area (Å²) >= 11 is 11.4. The smallest absolute Gasteiger partial charge is 0.312 e. The third-order valence-corrected chi connectivity index (χ3v) is 3.07. The zero-order valence-electron chi connectivity index (χ0n) is 9.84. The number of phenols is 1. The van der Waals surface area contributed by atoms with Crippen molar-refractivity contribution in [2.24, 2.45) is 0 Å². The average molecular weight is 312 g/mol. The van der Waals surface area contributed by atoms with Gasteiger partial charge in [-0.15, -0.1) is 0 Å². The number of carbonyl (C=O) groups excluding carboxylic acids is 1. The molecule has 0 heterocycles. The molecule has 0 bridgehead atoms. The van der Waals surface area contributed by atoms with Crippen LogP contribution in [0.15, 0.2) is 36.4 Å². The van der Waals surface area contributed by atoms with Gasteiger partial charge in [-0.25, -0.2) is 0 Å². The Labute approximate surface area is 123 Å². The number of halogens is 2. The zero-order chi connectivity index (χ0) is 14.9. The maximum absolute atomic E-state index is 12.2. The van der Waals surface area contributed by atoms with Gasteiger partial charge in [0.15, 0.2) is 5.78 Å². The second-order valence-electron chi connectivity index (χ2n) is 3.91. The van der Waals surface area contributed by atoms with Crippen molar-refractivity contribution in [3.8, 4) is 5.75 Å². The predicted octanol–water partition coefficient (Wildman–Crippen LogP) is 3.84. The molecular weight excluding hydrogens is 305 g/mol. The Morgan fingerprint density at radius 3 is 2.25 bits per heavy atom. The largest absolute Gasteiger partial charge is 0.502 e. The van der Waals surface area contributed by atoms with E-state index in [0.29, 0.717) is 5.02 Å². The predicted molar refractivity (Wildman–Crippen MR) is 74.7 cm³/mol. The van der Waals surface area contributed by atoms with Crippen LogP contribution in [0.2, 0.25) is 10.0 Å². The van der Waals surface area contributed by atoms with Crippen molar-refractivity contribution in [3.05, 3.63) is 67.7 Å². The van der Waals surface area contributed by atoms with Crippen molar-refractivity contribution < 1.29 is 14.8 Å². The number of hydrogen-bond acceptors (Lipinski definition) is 4. The lowest BCUT2D eigenvalue weighted by Crippen LogP contribution is -2.03. The van der Waals surface area contributed by atoms with E-state index in [1.807, 2.05) is 0 Å². The number of benzene rings is 2. The summed E-state index contributed by atoms with van der Waals surface area (Å²) in [4.78, 5) is 22.2. The lowest BCUT2D eigenvalue weighted by molar-refractivity contribution is -0.385. The molecule has 0 unspecified atom stereocenters. The number of nitro benzene ring substituents is 1. The topological polar surface area (TPSA) is 80.4 Å². The molecule has 0 spiro atoms. The highest BCUT2D eigenvalue weighted by Gasteiger charge is 2.23. The number of nitro groups is 1. The molecule has 0 aliphatic rings. The fourth-order valence-corrected chi connectivity index (χ4v) is 1.99. The number of carbonyl (C=O) groups is 1. The Morgan fingerprint density at radius 2 is 1.70 bits per heavy atom. The first-order chi connectivity index (χ1) is 9.40. The first-order valence-corrected chi connectivity index (χ1v) is 6.13. The lowest BCUT2D eigenvalue weighted by atomic mass is 10.0. The van der Waals surface area contributed by atoms with Crippen LogP contribution in [0.5, 0.6) is 5.75 Å².